The number of ether oxygens (including phenoxy) is 1. The SMILES string of the molecule is CCOC(=O)c1c(NC(=O)C[NH+](CC(C)C)CC(C)C)sc2c1CC[C@H](C)C2. The molecule has 1 aromatic heterocycles. The third-order valence-corrected chi connectivity index (χ3v) is 6.22. The Hall–Kier alpha value is -1.40. The van der Waals surface area contributed by atoms with E-state index in [9.17, 15) is 9.59 Å². The first-order valence-corrected chi connectivity index (χ1v) is 11.5. The second-order valence-electron chi connectivity index (χ2n) is 8.95. The van der Waals surface area contributed by atoms with Crippen LogP contribution in [-0.2, 0) is 22.4 Å². The van der Waals surface area contributed by atoms with E-state index in [2.05, 4.69) is 39.9 Å². The number of quaternary nitrogens is 1. The van der Waals surface area contributed by atoms with E-state index in [0.717, 1.165) is 37.9 Å². The highest BCUT2D eigenvalue weighted by Crippen LogP contribution is 2.40. The highest BCUT2D eigenvalue weighted by atomic mass is 32.1. The number of carbonyl (C=O) groups excluding carboxylic acids is 2. The monoisotopic (exact) mass is 409 g/mol. The Balaban J connectivity index is 2.19. The molecule has 1 aliphatic carbocycles. The number of thiophene rings is 1. The second-order valence-corrected chi connectivity index (χ2v) is 10.1. The third kappa shape index (κ3) is 6.31. The van der Waals surface area contributed by atoms with E-state index >= 15 is 0 Å². The Morgan fingerprint density at radius 2 is 1.86 bits per heavy atom. The molecule has 28 heavy (non-hydrogen) atoms. The smallest absolute Gasteiger partial charge is 0.341 e. The van der Waals surface area contributed by atoms with Gasteiger partial charge < -0.3 is 15.0 Å². The van der Waals surface area contributed by atoms with Crippen molar-refractivity contribution in [1.82, 2.24) is 0 Å². The van der Waals surface area contributed by atoms with Crippen molar-refractivity contribution in [3.8, 4) is 0 Å². The first-order valence-electron chi connectivity index (χ1n) is 10.7. The van der Waals surface area contributed by atoms with Gasteiger partial charge in [0.2, 0.25) is 0 Å². The topological polar surface area (TPSA) is 59.8 Å². The fourth-order valence-corrected chi connectivity index (χ4v) is 5.45. The molecular weight excluding hydrogens is 372 g/mol. The van der Waals surface area contributed by atoms with Crippen LogP contribution < -0.4 is 10.2 Å². The Bertz CT molecular complexity index is 672. The lowest BCUT2D eigenvalue weighted by atomic mass is 9.88. The number of hydrogen-bond acceptors (Lipinski definition) is 4. The van der Waals surface area contributed by atoms with Crippen LogP contribution in [0.1, 0.15) is 68.8 Å². The molecule has 2 N–H and O–H groups in total. The van der Waals surface area contributed by atoms with Crippen LogP contribution in [0.5, 0.6) is 0 Å². The lowest BCUT2D eigenvalue weighted by Crippen LogP contribution is -3.14. The zero-order chi connectivity index (χ0) is 20.8. The van der Waals surface area contributed by atoms with Gasteiger partial charge in [0.1, 0.15) is 5.00 Å². The molecule has 0 saturated heterocycles. The molecule has 0 fully saturated rings. The molecular formula is C22H37N2O3S+. The van der Waals surface area contributed by atoms with E-state index in [4.69, 9.17) is 4.74 Å². The molecule has 1 atom stereocenters. The molecule has 1 aromatic rings. The summed E-state index contributed by atoms with van der Waals surface area (Å²) in [5.74, 6) is 1.35. The minimum absolute atomic E-state index is 0.0199. The Morgan fingerprint density at radius 3 is 2.43 bits per heavy atom. The zero-order valence-corrected chi connectivity index (χ0v) is 19.1. The van der Waals surface area contributed by atoms with Gasteiger partial charge in [-0.3, -0.25) is 4.79 Å². The predicted molar refractivity (Wildman–Crippen MR) is 115 cm³/mol. The summed E-state index contributed by atoms with van der Waals surface area (Å²) in [5.41, 5.74) is 1.68. The van der Waals surface area contributed by atoms with Gasteiger partial charge in [0, 0.05) is 16.7 Å². The fraction of sp³-hybridized carbons (Fsp3) is 0.727. The Labute approximate surface area is 173 Å². The van der Waals surface area contributed by atoms with Crippen LogP contribution in [0.4, 0.5) is 5.00 Å². The van der Waals surface area contributed by atoms with Crippen LogP contribution in [0.25, 0.3) is 0 Å². The van der Waals surface area contributed by atoms with E-state index in [1.807, 2.05) is 6.92 Å². The molecule has 0 radical (unpaired) electrons. The maximum Gasteiger partial charge on any atom is 0.341 e. The molecule has 1 amide bonds. The van der Waals surface area contributed by atoms with Crippen molar-refractivity contribution in [3.63, 3.8) is 0 Å². The van der Waals surface area contributed by atoms with E-state index < -0.39 is 0 Å². The van der Waals surface area contributed by atoms with E-state index in [1.165, 1.54) is 9.78 Å². The van der Waals surface area contributed by atoms with Crippen molar-refractivity contribution in [2.75, 3.05) is 31.6 Å². The number of nitrogens with one attached hydrogen (secondary N) is 2. The number of esters is 1. The van der Waals surface area contributed by atoms with Crippen LogP contribution in [0.2, 0.25) is 0 Å². The number of fused-ring (bicyclic) bond motifs is 1. The molecule has 0 saturated carbocycles. The highest BCUT2D eigenvalue weighted by molar-refractivity contribution is 7.17. The standard InChI is InChI=1S/C22H36N2O3S/c1-7-27-22(26)20-17-9-8-16(6)10-18(17)28-21(20)23-19(25)13-24(11-14(2)3)12-15(4)5/h14-16H,7-13H2,1-6H3,(H,23,25)/p+1/t16-/m0/s1. The van der Waals surface area contributed by atoms with Crippen molar-refractivity contribution in [2.45, 2.75) is 60.8 Å². The zero-order valence-electron chi connectivity index (χ0n) is 18.3. The van der Waals surface area contributed by atoms with Crippen LogP contribution in [-0.4, -0.2) is 38.1 Å². The van der Waals surface area contributed by atoms with Crippen molar-refractivity contribution in [3.05, 3.63) is 16.0 Å². The molecule has 0 bridgehead atoms. The largest absolute Gasteiger partial charge is 0.462 e. The average Bonchev–Trinajstić information content (AvgIpc) is 2.90. The van der Waals surface area contributed by atoms with Gasteiger partial charge in [-0.05, 0) is 37.7 Å². The van der Waals surface area contributed by atoms with Crippen LogP contribution in [0.3, 0.4) is 0 Å². The minimum Gasteiger partial charge on any atom is -0.462 e. The summed E-state index contributed by atoms with van der Waals surface area (Å²) < 4.78 is 5.30. The molecule has 0 aromatic carbocycles. The van der Waals surface area contributed by atoms with Gasteiger partial charge in [-0.15, -0.1) is 11.3 Å². The second kappa shape index (κ2) is 10.4. The molecule has 158 valence electrons. The minimum atomic E-state index is -0.307. The lowest BCUT2D eigenvalue weighted by Gasteiger charge is -2.22. The van der Waals surface area contributed by atoms with Crippen LogP contribution in [0, 0.1) is 17.8 Å². The summed E-state index contributed by atoms with van der Waals surface area (Å²) in [6.45, 7) is 15.5. The van der Waals surface area contributed by atoms with Gasteiger partial charge in [-0.2, -0.15) is 0 Å². The number of amides is 1. The first kappa shape index (κ1) is 22.9. The molecule has 1 aliphatic rings. The summed E-state index contributed by atoms with van der Waals surface area (Å²) in [6.07, 6.45) is 2.93. The average molecular weight is 410 g/mol. The molecule has 5 nitrogen and oxygen atoms in total. The van der Waals surface area contributed by atoms with Crippen LogP contribution >= 0.6 is 11.3 Å². The first-order chi connectivity index (χ1) is 13.2. The highest BCUT2D eigenvalue weighted by Gasteiger charge is 2.29. The van der Waals surface area contributed by atoms with E-state index in [-0.39, 0.29) is 11.9 Å². The number of anilines is 1. The van der Waals surface area contributed by atoms with Gasteiger partial charge in [-0.25, -0.2) is 4.79 Å². The lowest BCUT2D eigenvalue weighted by molar-refractivity contribution is -0.897. The molecule has 6 heteroatoms. The van der Waals surface area contributed by atoms with Gasteiger partial charge >= 0.3 is 5.97 Å². The van der Waals surface area contributed by atoms with Gasteiger partial charge in [0.05, 0.1) is 25.3 Å². The normalized spacial score (nSPS) is 16.5. The van der Waals surface area contributed by atoms with Crippen molar-refractivity contribution in [2.24, 2.45) is 17.8 Å². The van der Waals surface area contributed by atoms with Crippen molar-refractivity contribution >= 4 is 28.2 Å². The summed E-state index contributed by atoms with van der Waals surface area (Å²) in [5, 5.41) is 3.73. The van der Waals surface area contributed by atoms with Crippen LogP contribution in [0.15, 0.2) is 0 Å². The van der Waals surface area contributed by atoms with Crippen molar-refractivity contribution in [1.29, 1.82) is 0 Å². The third-order valence-electron chi connectivity index (χ3n) is 5.05. The fourth-order valence-electron chi connectivity index (χ4n) is 4.04. The summed E-state index contributed by atoms with van der Waals surface area (Å²) in [4.78, 5) is 27.9. The molecule has 0 aliphatic heterocycles. The number of carbonyl (C=O) groups is 2. The van der Waals surface area contributed by atoms with Gasteiger partial charge in [-0.1, -0.05) is 34.6 Å². The van der Waals surface area contributed by atoms with E-state index in [0.29, 0.717) is 41.5 Å². The maximum atomic E-state index is 12.8. The molecule has 1 heterocycles. The summed E-state index contributed by atoms with van der Waals surface area (Å²) in [7, 11) is 0. The number of hydrogen-bond donors (Lipinski definition) is 2. The predicted octanol–water partition coefficient (Wildman–Crippen LogP) is 3.19. The van der Waals surface area contributed by atoms with Crippen molar-refractivity contribution < 1.29 is 19.2 Å². The Morgan fingerprint density at radius 1 is 1.21 bits per heavy atom. The van der Waals surface area contributed by atoms with Gasteiger partial charge in [0.25, 0.3) is 5.91 Å². The molecule has 2 rings (SSSR count). The maximum absolute atomic E-state index is 12.8. The number of rotatable bonds is 9. The summed E-state index contributed by atoms with van der Waals surface area (Å²) in [6, 6.07) is 0. The molecule has 0 spiro atoms. The quantitative estimate of drug-likeness (QED) is 0.616. The molecule has 0 unspecified atom stereocenters. The van der Waals surface area contributed by atoms with Gasteiger partial charge in [0.15, 0.2) is 6.54 Å². The Kier molecular flexibility index (Phi) is 8.50. The summed E-state index contributed by atoms with van der Waals surface area (Å²) >= 11 is 1.56. The van der Waals surface area contributed by atoms with E-state index in [1.54, 1.807) is 11.3 Å².